The standard InChI is InChI=1S/C34H23BN2O2/c38-35(39)29-18-19-32(24-13-5-4-12-23(24)29)37-31-17-9-7-15-26(31)28-20-27-25-14-6-8-16-30(25)36(33(27)21-34(28)37)22-10-2-1-3-11-22/h1-21,38-39H. The molecule has 39 heavy (non-hydrogen) atoms. The third kappa shape index (κ3) is 3.15. The summed E-state index contributed by atoms with van der Waals surface area (Å²) in [5.74, 6) is 0. The molecule has 0 bridgehead atoms. The van der Waals surface area contributed by atoms with Crippen molar-refractivity contribution in [1.82, 2.24) is 9.13 Å². The summed E-state index contributed by atoms with van der Waals surface area (Å²) in [6.45, 7) is 0. The summed E-state index contributed by atoms with van der Waals surface area (Å²) in [5, 5.41) is 26.7. The molecule has 0 aliphatic carbocycles. The van der Waals surface area contributed by atoms with Crippen LogP contribution in [0.4, 0.5) is 0 Å². The first kappa shape index (κ1) is 22.2. The van der Waals surface area contributed by atoms with Gasteiger partial charge in [0.2, 0.25) is 0 Å². The van der Waals surface area contributed by atoms with Crippen LogP contribution in [0.5, 0.6) is 0 Å². The highest BCUT2D eigenvalue weighted by Gasteiger charge is 2.21. The topological polar surface area (TPSA) is 50.3 Å². The van der Waals surface area contributed by atoms with Crippen molar-refractivity contribution in [1.29, 1.82) is 0 Å². The van der Waals surface area contributed by atoms with Crippen molar-refractivity contribution in [3.8, 4) is 11.4 Å². The van der Waals surface area contributed by atoms with Crippen LogP contribution >= 0.6 is 0 Å². The molecule has 0 amide bonds. The van der Waals surface area contributed by atoms with E-state index in [0.717, 1.165) is 38.7 Å². The van der Waals surface area contributed by atoms with E-state index in [2.05, 4.69) is 100 Å². The van der Waals surface area contributed by atoms with Crippen LogP contribution in [-0.4, -0.2) is 26.3 Å². The van der Waals surface area contributed by atoms with Gasteiger partial charge in [-0.15, -0.1) is 0 Å². The molecule has 0 atom stereocenters. The molecule has 0 aliphatic heterocycles. The lowest BCUT2D eigenvalue weighted by Gasteiger charge is -2.14. The quantitative estimate of drug-likeness (QED) is 0.264. The van der Waals surface area contributed by atoms with E-state index in [4.69, 9.17) is 0 Å². The van der Waals surface area contributed by atoms with Crippen molar-refractivity contribution in [2.75, 3.05) is 0 Å². The van der Waals surface area contributed by atoms with Gasteiger partial charge in [0.1, 0.15) is 0 Å². The minimum absolute atomic E-state index is 0.502. The van der Waals surface area contributed by atoms with Crippen molar-refractivity contribution in [2.24, 2.45) is 0 Å². The fourth-order valence-corrected chi connectivity index (χ4v) is 6.27. The second-order valence-corrected chi connectivity index (χ2v) is 10.0. The van der Waals surface area contributed by atoms with Gasteiger partial charge >= 0.3 is 7.12 Å². The molecule has 0 unspecified atom stereocenters. The van der Waals surface area contributed by atoms with Crippen LogP contribution in [0, 0.1) is 0 Å². The fourth-order valence-electron chi connectivity index (χ4n) is 6.27. The number of rotatable bonds is 3. The second-order valence-electron chi connectivity index (χ2n) is 10.0. The molecule has 5 heteroatoms. The van der Waals surface area contributed by atoms with Crippen molar-refractivity contribution in [3.05, 3.63) is 127 Å². The summed E-state index contributed by atoms with van der Waals surface area (Å²) in [4.78, 5) is 0. The maximum atomic E-state index is 10.1. The van der Waals surface area contributed by atoms with Gasteiger partial charge in [-0.2, -0.15) is 0 Å². The van der Waals surface area contributed by atoms with E-state index >= 15 is 0 Å². The van der Waals surface area contributed by atoms with Crippen LogP contribution < -0.4 is 5.46 Å². The van der Waals surface area contributed by atoms with Gasteiger partial charge in [0.05, 0.1) is 27.8 Å². The molecule has 0 saturated carbocycles. The Hall–Kier alpha value is -4.84. The highest BCUT2D eigenvalue weighted by atomic mass is 16.4. The summed E-state index contributed by atoms with van der Waals surface area (Å²) in [6, 6.07) is 44.0. The van der Waals surface area contributed by atoms with Gasteiger partial charge in [0, 0.05) is 32.6 Å². The molecule has 8 rings (SSSR count). The summed E-state index contributed by atoms with van der Waals surface area (Å²) in [6.07, 6.45) is 0. The van der Waals surface area contributed by atoms with E-state index in [1.165, 1.54) is 27.1 Å². The second kappa shape index (κ2) is 8.33. The van der Waals surface area contributed by atoms with Gasteiger partial charge in [-0.05, 0) is 53.3 Å². The van der Waals surface area contributed by atoms with Crippen LogP contribution in [0.3, 0.4) is 0 Å². The Kier molecular flexibility index (Phi) is 4.74. The first-order valence-electron chi connectivity index (χ1n) is 13.1. The van der Waals surface area contributed by atoms with Crippen molar-refractivity contribution >= 4 is 67.0 Å². The van der Waals surface area contributed by atoms with Gasteiger partial charge in [-0.3, -0.25) is 0 Å². The third-order valence-corrected chi connectivity index (χ3v) is 7.93. The molecule has 2 aromatic heterocycles. The highest BCUT2D eigenvalue weighted by molar-refractivity contribution is 6.62. The fraction of sp³-hybridized carbons (Fsp3) is 0. The summed E-state index contributed by atoms with van der Waals surface area (Å²) < 4.78 is 4.66. The molecule has 4 nitrogen and oxygen atoms in total. The molecule has 6 aromatic carbocycles. The normalized spacial score (nSPS) is 11.8. The van der Waals surface area contributed by atoms with Gasteiger partial charge in [0.25, 0.3) is 0 Å². The largest absolute Gasteiger partial charge is 0.489 e. The van der Waals surface area contributed by atoms with E-state index in [-0.39, 0.29) is 0 Å². The van der Waals surface area contributed by atoms with Crippen LogP contribution in [-0.2, 0) is 0 Å². The molecule has 2 heterocycles. The Bertz CT molecular complexity index is 2210. The minimum Gasteiger partial charge on any atom is -0.423 e. The number of hydrogen-bond donors (Lipinski definition) is 2. The van der Waals surface area contributed by atoms with E-state index < -0.39 is 7.12 Å². The Morgan fingerprint density at radius 1 is 0.410 bits per heavy atom. The van der Waals surface area contributed by atoms with Gasteiger partial charge in [-0.25, -0.2) is 0 Å². The molecular formula is C34H23BN2O2. The maximum absolute atomic E-state index is 10.1. The van der Waals surface area contributed by atoms with E-state index in [0.29, 0.717) is 5.46 Å². The number of hydrogen-bond acceptors (Lipinski definition) is 2. The maximum Gasteiger partial charge on any atom is 0.489 e. The molecule has 0 radical (unpaired) electrons. The van der Waals surface area contributed by atoms with Crippen LogP contribution in [0.1, 0.15) is 0 Å². The third-order valence-electron chi connectivity index (χ3n) is 7.93. The minimum atomic E-state index is -1.54. The van der Waals surface area contributed by atoms with Crippen LogP contribution in [0.2, 0.25) is 0 Å². The Labute approximate surface area is 224 Å². The molecule has 184 valence electrons. The zero-order valence-corrected chi connectivity index (χ0v) is 21.0. The summed E-state index contributed by atoms with van der Waals surface area (Å²) in [7, 11) is -1.54. The average Bonchev–Trinajstić information content (AvgIpc) is 3.48. The lowest BCUT2D eigenvalue weighted by Crippen LogP contribution is -2.30. The molecule has 0 fully saturated rings. The lowest BCUT2D eigenvalue weighted by atomic mass is 9.77. The highest BCUT2D eigenvalue weighted by Crippen LogP contribution is 2.40. The van der Waals surface area contributed by atoms with Crippen molar-refractivity contribution in [2.45, 2.75) is 0 Å². The lowest BCUT2D eigenvalue weighted by molar-refractivity contribution is 0.426. The van der Waals surface area contributed by atoms with E-state index in [1.807, 2.05) is 36.4 Å². The van der Waals surface area contributed by atoms with Crippen LogP contribution in [0.15, 0.2) is 127 Å². The molecule has 2 N–H and O–H groups in total. The van der Waals surface area contributed by atoms with Crippen molar-refractivity contribution in [3.63, 3.8) is 0 Å². The monoisotopic (exact) mass is 502 g/mol. The number of nitrogens with zero attached hydrogens (tertiary/aromatic N) is 2. The zero-order valence-electron chi connectivity index (χ0n) is 21.0. The van der Waals surface area contributed by atoms with Crippen LogP contribution in [0.25, 0.3) is 65.8 Å². The molecular weight excluding hydrogens is 479 g/mol. The van der Waals surface area contributed by atoms with Gasteiger partial charge < -0.3 is 19.2 Å². The number of fused-ring (bicyclic) bond motifs is 7. The predicted octanol–water partition coefficient (Wildman–Crippen LogP) is 6.71. The first-order valence-corrected chi connectivity index (χ1v) is 13.1. The molecule has 0 spiro atoms. The SMILES string of the molecule is OB(O)c1ccc(-n2c3ccccc3c3cc4c5ccccc5n(-c5ccccc5)c4cc32)c2ccccc12. The average molecular weight is 502 g/mol. The number of para-hydroxylation sites is 3. The first-order chi connectivity index (χ1) is 19.2. The Morgan fingerprint density at radius 3 is 1.62 bits per heavy atom. The Morgan fingerprint density at radius 2 is 0.949 bits per heavy atom. The molecule has 0 aliphatic rings. The number of aromatic nitrogens is 2. The molecule has 0 saturated heterocycles. The molecule has 8 aromatic rings. The van der Waals surface area contributed by atoms with E-state index in [1.54, 1.807) is 0 Å². The number of benzene rings is 6. The Balaban J connectivity index is 1.56. The van der Waals surface area contributed by atoms with E-state index in [9.17, 15) is 10.0 Å². The zero-order chi connectivity index (χ0) is 26.1. The van der Waals surface area contributed by atoms with Crippen molar-refractivity contribution < 1.29 is 10.0 Å². The smallest absolute Gasteiger partial charge is 0.423 e. The van der Waals surface area contributed by atoms with Gasteiger partial charge in [0.15, 0.2) is 0 Å². The summed E-state index contributed by atoms with van der Waals surface area (Å²) in [5.41, 5.74) is 7.16. The van der Waals surface area contributed by atoms with Gasteiger partial charge in [-0.1, -0.05) is 84.9 Å². The predicted molar refractivity (Wildman–Crippen MR) is 162 cm³/mol. The summed E-state index contributed by atoms with van der Waals surface area (Å²) >= 11 is 0.